The molecule has 0 aliphatic carbocycles. The van der Waals surface area contributed by atoms with Crippen LogP contribution in [0.4, 0.5) is 0 Å². The first-order valence-corrected chi connectivity index (χ1v) is 6.42. The van der Waals surface area contributed by atoms with Crippen LogP contribution >= 0.6 is 46.4 Å². The number of hydrogen-bond acceptors (Lipinski definition) is 0. The minimum absolute atomic E-state index is 0.517. The van der Waals surface area contributed by atoms with Gasteiger partial charge in [0, 0.05) is 15.6 Å². The van der Waals surface area contributed by atoms with E-state index in [4.69, 9.17) is 46.4 Å². The molecular weight excluding hydrogens is 298 g/mol. The number of rotatable bonds is 1. The fourth-order valence-corrected chi connectivity index (χ4v) is 2.87. The molecule has 2 aromatic carbocycles. The Morgan fingerprint density at radius 1 is 0.824 bits per heavy atom. The summed E-state index contributed by atoms with van der Waals surface area (Å²) in [5, 5.41) is 2.24. The lowest BCUT2D eigenvalue weighted by Gasteiger charge is -2.11. The summed E-state index contributed by atoms with van der Waals surface area (Å²) in [5.41, 5.74) is 2.63. The second-order valence-electron chi connectivity index (χ2n) is 3.66. The average Bonchev–Trinajstić information content (AvgIpc) is 2.23. The van der Waals surface area contributed by atoms with Crippen LogP contribution in [0.2, 0.25) is 20.1 Å². The Bertz CT molecular complexity index is 553. The molecule has 4 heteroatoms. The lowest BCUT2D eigenvalue weighted by Crippen LogP contribution is -1.87. The zero-order valence-electron chi connectivity index (χ0n) is 8.90. The highest BCUT2D eigenvalue weighted by Crippen LogP contribution is 2.39. The van der Waals surface area contributed by atoms with Crippen LogP contribution in [-0.4, -0.2) is 0 Å². The van der Waals surface area contributed by atoms with E-state index in [1.54, 1.807) is 12.1 Å². The molecule has 0 bridgehead atoms. The van der Waals surface area contributed by atoms with E-state index >= 15 is 0 Å². The summed E-state index contributed by atoms with van der Waals surface area (Å²) in [6.45, 7) is 1.93. The van der Waals surface area contributed by atoms with E-state index in [0.29, 0.717) is 20.1 Å². The van der Waals surface area contributed by atoms with Crippen LogP contribution in [0.15, 0.2) is 30.3 Å². The van der Waals surface area contributed by atoms with Crippen molar-refractivity contribution >= 4 is 46.4 Å². The summed E-state index contributed by atoms with van der Waals surface area (Å²) in [5.74, 6) is 0. The van der Waals surface area contributed by atoms with Crippen LogP contribution in [0.5, 0.6) is 0 Å². The summed E-state index contributed by atoms with van der Waals surface area (Å²) in [6.07, 6.45) is 0. The monoisotopic (exact) mass is 304 g/mol. The standard InChI is InChI=1S/C13H8Cl4/c1-7-9(3-2-4-10(7)15)13-11(16)5-8(14)6-12(13)17/h2-6H,1H3. The van der Waals surface area contributed by atoms with E-state index in [2.05, 4.69) is 0 Å². The maximum absolute atomic E-state index is 6.18. The first-order chi connectivity index (χ1) is 8.00. The van der Waals surface area contributed by atoms with E-state index in [9.17, 15) is 0 Å². The third-order valence-corrected chi connectivity index (χ3v) is 3.77. The van der Waals surface area contributed by atoms with Crippen LogP contribution in [-0.2, 0) is 0 Å². The van der Waals surface area contributed by atoms with Gasteiger partial charge in [0.2, 0.25) is 0 Å². The van der Waals surface area contributed by atoms with Crippen molar-refractivity contribution in [2.24, 2.45) is 0 Å². The predicted octanol–water partition coefficient (Wildman–Crippen LogP) is 6.28. The molecular formula is C13H8Cl4. The maximum Gasteiger partial charge on any atom is 0.0514 e. The molecule has 0 aliphatic rings. The molecule has 0 nitrogen and oxygen atoms in total. The van der Waals surface area contributed by atoms with Gasteiger partial charge in [-0.05, 0) is 36.2 Å². The van der Waals surface area contributed by atoms with Gasteiger partial charge in [0.05, 0.1) is 10.0 Å². The molecule has 2 aromatic rings. The molecule has 0 spiro atoms. The van der Waals surface area contributed by atoms with E-state index in [1.807, 2.05) is 25.1 Å². The van der Waals surface area contributed by atoms with Crippen LogP contribution < -0.4 is 0 Å². The van der Waals surface area contributed by atoms with Gasteiger partial charge in [0.25, 0.3) is 0 Å². The van der Waals surface area contributed by atoms with Gasteiger partial charge in [-0.15, -0.1) is 0 Å². The van der Waals surface area contributed by atoms with E-state index in [0.717, 1.165) is 16.7 Å². The second-order valence-corrected chi connectivity index (χ2v) is 5.31. The first kappa shape index (κ1) is 13.0. The highest BCUT2D eigenvalue weighted by molar-refractivity contribution is 6.42. The molecule has 0 saturated heterocycles. The van der Waals surface area contributed by atoms with Crippen molar-refractivity contribution < 1.29 is 0 Å². The van der Waals surface area contributed by atoms with Crippen molar-refractivity contribution in [1.82, 2.24) is 0 Å². The second kappa shape index (κ2) is 5.07. The summed E-state index contributed by atoms with van der Waals surface area (Å²) >= 11 is 24.3. The summed E-state index contributed by atoms with van der Waals surface area (Å²) in [7, 11) is 0. The van der Waals surface area contributed by atoms with Crippen LogP contribution in [0, 0.1) is 6.92 Å². The van der Waals surface area contributed by atoms with Gasteiger partial charge in [-0.1, -0.05) is 58.5 Å². The lowest BCUT2D eigenvalue weighted by molar-refractivity contribution is 1.46. The Kier molecular flexibility index (Phi) is 3.89. The van der Waals surface area contributed by atoms with Crippen LogP contribution in [0.1, 0.15) is 5.56 Å². The normalized spacial score (nSPS) is 10.6. The van der Waals surface area contributed by atoms with Crippen LogP contribution in [0.3, 0.4) is 0 Å². The number of halogens is 4. The van der Waals surface area contributed by atoms with Gasteiger partial charge in [-0.2, -0.15) is 0 Å². The molecule has 0 amide bonds. The van der Waals surface area contributed by atoms with Gasteiger partial charge in [-0.25, -0.2) is 0 Å². The molecule has 0 aromatic heterocycles. The lowest BCUT2D eigenvalue weighted by atomic mass is 10.0. The quantitative estimate of drug-likeness (QED) is 0.582. The van der Waals surface area contributed by atoms with Gasteiger partial charge in [0.1, 0.15) is 0 Å². The zero-order chi connectivity index (χ0) is 12.6. The topological polar surface area (TPSA) is 0 Å². The Hall–Kier alpha value is -0.400. The molecule has 0 aliphatic heterocycles. The largest absolute Gasteiger partial charge is 0.0842 e. The highest BCUT2D eigenvalue weighted by atomic mass is 35.5. The minimum atomic E-state index is 0.517. The van der Waals surface area contributed by atoms with Crippen molar-refractivity contribution in [3.05, 3.63) is 56.0 Å². The van der Waals surface area contributed by atoms with Gasteiger partial charge < -0.3 is 0 Å². The summed E-state index contributed by atoms with van der Waals surface area (Å²) in [4.78, 5) is 0. The molecule has 2 rings (SSSR count). The molecule has 0 radical (unpaired) electrons. The van der Waals surface area contributed by atoms with Gasteiger partial charge in [-0.3, -0.25) is 0 Å². The van der Waals surface area contributed by atoms with Crippen molar-refractivity contribution in [2.75, 3.05) is 0 Å². The highest BCUT2D eigenvalue weighted by Gasteiger charge is 2.13. The summed E-state index contributed by atoms with van der Waals surface area (Å²) < 4.78 is 0. The fourth-order valence-electron chi connectivity index (χ4n) is 1.68. The first-order valence-electron chi connectivity index (χ1n) is 4.90. The third-order valence-electron chi connectivity index (χ3n) is 2.54. The number of hydrogen-bond donors (Lipinski definition) is 0. The van der Waals surface area contributed by atoms with E-state index in [1.165, 1.54) is 0 Å². The molecule has 88 valence electrons. The van der Waals surface area contributed by atoms with Crippen molar-refractivity contribution in [3.63, 3.8) is 0 Å². The van der Waals surface area contributed by atoms with Crippen molar-refractivity contribution in [3.8, 4) is 11.1 Å². The van der Waals surface area contributed by atoms with Crippen molar-refractivity contribution in [2.45, 2.75) is 6.92 Å². The van der Waals surface area contributed by atoms with E-state index < -0.39 is 0 Å². The molecule has 0 saturated carbocycles. The molecule has 0 fully saturated rings. The smallest absolute Gasteiger partial charge is 0.0514 e. The third kappa shape index (κ3) is 2.56. The summed E-state index contributed by atoms with van der Waals surface area (Å²) in [6, 6.07) is 8.97. The Morgan fingerprint density at radius 3 is 2.00 bits per heavy atom. The van der Waals surface area contributed by atoms with Gasteiger partial charge in [0.15, 0.2) is 0 Å². The Labute approximate surface area is 120 Å². The zero-order valence-corrected chi connectivity index (χ0v) is 11.9. The predicted molar refractivity (Wildman–Crippen MR) is 76.7 cm³/mol. The molecule has 0 atom stereocenters. The Balaban J connectivity index is 2.73. The Morgan fingerprint density at radius 2 is 1.41 bits per heavy atom. The molecule has 0 heterocycles. The van der Waals surface area contributed by atoms with Crippen molar-refractivity contribution in [1.29, 1.82) is 0 Å². The van der Waals surface area contributed by atoms with Crippen LogP contribution in [0.25, 0.3) is 11.1 Å². The molecule has 0 unspecified atom stereocenters. The SMILES string of the molecule is Cc1c(Cl)cccc1-c1c(Cl)cc(Cl)cc1Cl. The molecule has 0 N–H and O–H groups in total. The minimum Gasteiger partial charge on any atom is -0.0842 e. The fraction of sp³-hybridized carbons (Fsp3) is 0.0769. The molecule has 17 heavy (non-hydrogen) atoms. The van der Waals surface area contributed by atoms with Gasteiger partial charge >= 0.3 is 0 Å². The van der Waals surface area contributed by atoms with E-state index in [-0.39, 0.29) is 0 Å². The average molecular weight is 306 g/mol. The number of benzene rings is 2. The maximum atomic E-state index is 6.18.